The van der Waals surface area contributed by atoms with Crippen LogP contribution in [0.25, 0.3) is 0 Å². The minimum atomic E-state index is -0.476. The molecule has 0 aromatic heterocycles. The molecule has 0 saturated carbocycles. The fourth-order valence-corrected chi connectivity index (χ4v) is 2.97. The highest BCUT2D eigenvalue weighted by Gasteiger charge is 2.40. The monoisotopic (exact) mass is 376 g/mol. The summed E-state index contributed by atoms with van der Waals surface area (Å²) in [6, 6.07) is 8.29. The fraction of sp³-hybridized carbons (Fsp3) is 0.600. The van der Waals surface area contributed by atoms with Crippen molar-refractivity contribution < 1.29 is 14.6 Å². The van der Waals surface area contributed by atoms with Crippen molar-refractivity contribution in [1.82, 2.24) is 0 Å². The molecule has 0 radical (unpaired) electrons. The van der Waals surface area contributed by atoms with E-state index in [1.54, 1.807) is 0 Å². The van der Waals surface area contributed by atoms with Crippen molar-refractivity contribution in [2.75, 3.05) is 19.8 Å². The van der Waals surface area contributed by atoms with Crippen molar-refractivity contribution >= 4 is 22.6 Å². The average Bonchev–Trinajstić information content (AvgIpc) is 2.43. The highest BCUT2D eigenvalue weighted by Crippen LogP contribution is 2.30. The predicted molar refractivity (Wildman–Crippen MR) is 83.3 cm³/mol. The summed E-state index contributed by atoms with van der Waals surface area (Å²) in [5.41, 5.74) is 0.717. The summed E-state index contributed by atoms with van der Waals surface area (Å²) in [6.45, 7) is 3.95. The van der Waals surface area contributed by atoms with E-state index in [2.05, 4.69) is 46.9 Å². The quantitative estimate of drug-likeness (QED) is 0.804. The van der Waals surface area contributed by atoms with E-state index in [0.717, 1.165) is 18.4 Å². The molecule has 0 amide bonds. The van der Waals surface area contributed by atoms with Crippen LogP contribution in [0.3, 0.4) is 0 Å². The molecular weight excluding hydrogens is 355 g/mol. The zero-order valence-electron chi connectivity index (χ0n) is 11.3. The zero-order chi connectivity index (χ0) is 13.7. The standard InChI is InChI=1S/C15H21IO3/c1-2-19-15(7-9-18-10-8-15)14(17)11-12-3-5-13(16)6-4-12/h3-6,14,17H,2,7-11H2,1H3. The van der Waals surface area contributed by atoms with Gasteiger partial charge in [0.15, 0.2) is 0 Å². The van der Waals surface area contributed by atoms with Crippen molar-refractivity contribution in [1.29, 1.82) is 0 Å². The summed E-state index contributed by atoms with van der Waals surface area (Å²) in [5.74, 6) is 0. The molecule has 1 aromatic carbocycles. The van der Waals surface area contributed by atoms with Crippen molar-refractivity contribution in [2.24, 2.45) is 0 Å². The minimum absolute atomic E-state index is 0.435. The first-order chi connectivity index (χ1) is 9.16. The predicted octanol–water partition coefficient (Wildman–Crippen LogP) is 2.78. The average molecular weight is 376 g/mol. The number of halogens is 1. The van der Waals surface area contributed by atoms with Crippen molar-refractivity contribution in [3.63, 3.8) is 0 Å². The maximum atomic E-state index is 10.6. The van der Waals surface area contributed by atoms with E-state index in [1.807, 2.05) is 6.92 Å². The molecule has 1 heterocycles. The van der Waals surface area contributed by atoms with Gasteiger partial charge in [-0.25, -0.2) is 0 Å². The van der Waals surface area contributed by atoms with E-state index < -0.39 is 11.7 Å². The number of benzene rings is 1. The van der Waals surface area contributed by atoms with Crippen LogP contribution in [0.15, 0.2) is 24.3 Å². The topological polar surface area (TPSA) is 38.7 Å². The van der Waals surface area contributed by atoms with E-state index in [-0.39, 0.29) is 0 Å². The van der Waals surface area contributed by atoms with Gasteiger partial charge in [0.25, 0.3) is 0 Å². The fourth-order valence-electron chi connectivity index (χ4n) is 2.61. The first kappa shape index (κ1) is 15.2. The second-order valence-electron chi connectivity index (χ2n) is 4.96. The first-order valence-electron chi connectivity index (χ1n) is 6.80. The summed E-state index contributed by atoms with van der Waals surface area (Å²) < 4.78 is 12.5. The molecule has 1 aliphatic heterocycles. The van der Waals surface area contributed by atoms with Gasteiger partial charge in [0, 0.05) is 42.7 Å². The molecule has 1 aliphatic rings. The van der Waals surface area contributed by atoms with Crippen LogP contribution in [0.2, 0.25) is 0 Å². The van der Waals surface area contributed by atoms with Crippen LogP contribution < -0.4 is 0 Å². The molecular formula is C15H21IO3. The Labute approximate surface area is 128 Å². The Balaban J connectivity index is 2.06. The molecule has 19 heavy (non-hydrogen) atoms. The Bertz CT molecular complexity index is 379. The molecule has 4 heteroatoms. The Kier molecular flexibility index (Phi) is 5.62. The molecule has 1 saturated heterocycles. The van der Waals surface area contributed by atoms with Crippen LogP contribution in [-0.2, 0) is 15.9 Å². The van der Waals surface area contributed by atoms with Gasteiger partial charge < -0.3 is 14.6 Å². The lowest BCUT2D eigenvalue weighted by molar-refractivity contribution is -0.165. The Morgan fingerprint density at radius 1 is 1.32 bits per heavy atom. The maximum absolute atomic E-state index is 10.6. The number of rotatable bonds is 5. The van der Waals surface area contributed by atoms with Crippen LogP contribution in [0, 0.1) is 3.57 Å². The second-order valence-corrected chi connectivity index (χ2v) is 6.20. The minimum Gasteiger partial charge on any atom is -0.390 e. The number of hydrogen-bond acceptors (Lipinski definition) is 3. The van der Waals surface area contributed by atoms with Gasteiger partial charge in [-0.3, -0.25) is 0 Å². The molecule has 0 bridgehead atoms. The van der Waals surface area contributed by atoms with Crippen LogP contribution in [-0.4, -0.2) is 36.6 Å². The summed E-state index contributed by atoms with van der Waals surface area (Å²) in [4.78, 5) is 0. The number of aliphatic hydroxyl groups excluding tert-OH is 1. The lowest BCUT2D eigenvalue weighted by Crippen LogP contribution is -2.50. The largest absolute Gasteiger partial charge is 0.390 e. The summed E-state index contributed by atoms with van der Waals surface area (Å²) in [5, 5.41) is 10.6. The molecule has 1 aromatic rings. The van der Waals surface area contributed by atoms with Gasteiger partial charge in [0.1, 0.15) is 0 Å². The van der Waals surface area contributed by atoms with E-state index in [9.17, 15) is 5.11 Å². The Hall–Kier alpha value is -0.170. The van der Waals surface area contributed by atoms with Gasteiger partial charge in [-0.05, 0) is 47.2 Å². The van der Waals surface area contributed by atoms with Gasteiger partial charge in [-0.2, -0.15) is 0 Å². The molecule has 0 spiro atoms. The summed E-state index contributed by atoms with van der Waals surface area (Å²) >= 11 is 2.29. The zero-order valence-corrected chi connectivity index (χ0v) is 13.4. The maximum Gasteiger partial charge on any atom is 0.0987 e. The van der Waals surface area contributed by atoms with Gasteiger partial charge in [0.2, 0.25) is 0 Å². The lowest BCUT2D eigenvalue weighted by atomic mass is 9.84. The SMILES string of the molecule is CCOC1(C(O)Cc2ccc(I)cc2)CCOCC1. The molecule has 2 rings (SSSR count). The third kappa shape index (κ3) is 3.90. The van der Waals surface area contributed by atoms with Gasteiger partial charge >= 0.3 is 0 Å². The van der Waals surface area contributed by atoms with Crippen molar-refractivity contribution in [3.05, 3.63) is 33.4 Å². The first-order valence-corrected chi connectivity index (χ1v) is 7.88. The molecule has 1 fully saturated rings. The van der Waals surface area contributed by atoms with Crippen LogP contribution in [0.1, 0.15) is 25.3 Å². The third-order valence-electron chi connectivity index (χ3n) is 3.72. The Morgan fingerprint density at radius 3 is 2.53 bits per heavy atom. The van der Waals surface area contributed by atoms with Crippen LogP contribution >= 0.6 is 22.6 Å². The van der Waals surface area contributed by atoms with E-state index >= 15 is 0 Å². The molecule has 3 nitrogen and oxygen atoms in total. The molecule has 0 aliphatic carbocycles. The number of hydrogen-bond donors (Lipinski definition) is 1. The normalized spacial score (nSPS) is 20.2. The van der Waals surface area contributed by atoms with Crippen molar-refractivity contribution in [2.45, 2.75) is 37.9 Å². The van der Waals surface area contributed by atoms with Gasteiger partial charge in [-0.1, -0.05) is 12.1 Å². The van der Waals surface area contributed by atoms with Crippen LogP contribution in [0.5, 0.6) is 0 Å². The van der Waals surface area contributed by atoms with Crippen molar-refractivity contribution in [3.8, 4) is 0 Å². The lowest BCUT2D eigenvalue weighted by Gasteiger charge is -2.40. The van der Waals surface area contributed by atoms with Crippen LogP contribution in [0.4, 0.5) is 0 Å². The number of aliphatic hydroxyl groups is 1. The summed E-state index contributed by atoms with van der Waals surface area (Å²) in [7, 11) is 0. The van der Waals surface area contributed by atoms with E-state index in [0.29, 0.717) is 26.2 Å². The molecule has 1 N–H and O–H groups in total. The third-order valence-corrected chi connectivity index (χ3v) is 4.44. The van der Waals surface area contributed by atoms with Gasteiger partial charge in [0.05, 0.1) is 11.7 Å². The second kappa shape index (κ2) is 7.02. The van der Waals surface area contributed by atoms with Gasteiger partial charge in [-0.15, -0.1) is 0 Å². The highest BCUT2D eigenvalue weighted by molar-refractivity contribution is 14.1. The number of ether oxygens (including phenoxy) is 2. The highest BCUT2D eigenvalue weighted by atomic mass is 127. The smallest absolute Gasteiger partial charge is 0.0987 e. The van der Waals surface area contributed by atoms with E-state index in [1.165, 1.54) is 3.57 Å². The van der Waals surface area contributed by atoms with E-state index in [4.69, 9.17) is 9.47 Å². The Morgan fingerprint density at radius 2 is 1.95 bits per heavy atom. The molecule has 1 unspecified atom stereocenters. The summed E-state index contributed by atoms with van der Waals surface area (Å²) in [6.07, 6.45) is 1.70. The molecule has 106 valence electrons. The molecule has 1 atom stereocenters.